The summed E-state index contributed by atoms with van der Waals surface area (Å²) >= 11 is 0. The number of ether oxygens (including phenoxy) is 5. The molecule has 3 aromatic rings. The number of rotatable bonds is 7. The molecular weight excluding hydrogens is 450 g/mol. The van der Waals surface area contributed by atoms with Gasteiger partial charge < -0.3 is 29.0 Å². The molecule has 1 saturated heterocycles. The van der Waals surface area contributed by atoms with E-state index in [0.29, 0.717) is 44.6 Å². The lowest BCUT2D eigenvalue weighted by molar-refractivity contribution is -0.0293. The highest BCUT2D eigenvalue weighted by Gasteiger charge is 2.31. The summed E-state index contributed by atoms with van der Waals surface area (Å²) in [4.78, 5) is 16.1. The van der Waals surface area contributed by atoms with E-state index in [2.05, 4.69) is 25.2 Å². The summed E-state index contributed by atoms with van der Waals surface area (Å²) in [5, 5.41) is 3.48. The van der Waals surface area contributed by atoms with Crippen molar-refractivity contribution in [3.8, 4) is 23.1 Å². The van der Waals surface area contributed by atoms with Crippen LogP contribution in [0.25, 0.3) is 11.0 Å². The SMILES string of the molecule is COc1ccc2ncc3c(c2n1)[C@@H](CN1CCO[C@@H](CNCc2cc4c(cn2)OCCO4)C1)CO3. The molecule has 0 spiro atoms. The predicted octanol–water partition coefficient (Wildman–Crippen LogP) is 1.77. The molecule has 184 valence electrons. The maximum atomic E-state index is 6.03. The van der Waals surface area contributed by atoms with E-state index in [4.69, 9.17) is 23.7 Å². The number of fused-ring (bicyclic) bond motifs is 4. The summed E-state index contributed by atoms with van der Waals surface area (Å²) in [5.41, 5.74) is 3.77. The fraction of sp³-hybridized carbons (Fsp3) is 0.480. The molecule has 0 unspecified atom stereocenters. The van der Waals surface area contributed by atoms with Crippen LogP contribution in [0.2, 0.25) is 0 Å². The first-order chi connectivity index (χ1) is 17.3. The highest BCUT2D eigenvalue weighted by Crippen LogP contribution is 2.38. The van der Waals surface area contributed by atoms with Gasteiger partial charge in [0.05, 0.1) is 50.0 Å². The first-order valence-corrected chi connectivity index (χ1v) is 12.0. The minimum absolute atomic E-state index is 0.107. The molecular formula is C25H29N5O5. The summed E-state index contributed by atoms with van der Waals surface area (Å²) in [6, 6.07) is 5.73. The topological polar surface area (TPSA) is 100 Å². The molecule has 0 bridgehead atoms. The fourth-order valence-corrected chi connectivity index (χ4v) is 4.92. The largest absolute Gasteiger partial charge is 0.491 e. The van der Waals surface area contributed by atoms with Crippen LogP contribution in [0, 0.1) is 0 Å². The van der Waals surface area contributed by atoms with Crippen LogP contribution in [-0.4, -0.2) is 85.7 Å². The molecule has 6 rings (SSSR count). The number of nitrogens with one attached hydrogen (secondary N) is 1. The van der Waals surface area contributed by atoms with Gasteiger partial charge in [0.2, 0.25) is 5.88 Å². The predicted molar refractivity (Wildman–Crippen MR) is 127 cm³/mol. The summed E-state index contributed by atoms with van der Waals surface area (Å²) in [5.74, 6) is 3.10. The smallest absolute Gasteiger partial charge is 0.213 e. The van der Waals surface area contributed by atoms with Crippen LogP contribution >= 0.6 is 0 Å². The average molecular weight is 480 g/mol. The van der Waals surface area contributed by atoms with Crippen molar-refractivity contribution in [1.82, 2.24) is 25.2 Å². The Hall–Kier alpha value is -3.21. The number of methoxy groups -OCH3 is 1. The van der Waals surface area contributed by atoms with E-state index in [1.807, 2.05) is 24.4 Å². The van der Waals surface area contributed by atoms with Crippen molar-refractivity contribution in [3.63, 3.8) is 0 Å². The Morgan fingerprint density at radius 1 is 1.06 bits per heavy atom. The van der Waals surface area contributed by atoms with Crippen molar-refractivity contribution in [2.75, 3.05) is 59.7 Å². The Morgan fingerprint density at radius 3 is 2.86 bits per heavy atom. The van der Waals surface area contributed by atoms with Crippen LogP contribution in [0.15, 0.2) is 30.6 Å². The Labute approximate surface area is 203 Å². The van der Waals surface area contributed by atoms with Crippen molar-refractivity contribution in [1.29, 1.82) is 0 Å². The van der Waals surface area contributed by atoms with Crippen LogP contribution in [0.4, 0.5) is 0 Å². The highest BCUT2D eigenvalue weighted by molar-refractivity contribution is 5.81. The van der Waals surface area contributed by atoms with Gasteiger partial charge in [-0.25, -0.2) is 4.98 Å². The molecule has 10 nitrogen and oxygen atoms in total. The molecule has 2 atom stereocenters. The van der Waals surface area contributed by atoms with E-state index >= 15 is 0 Å². The molecule has 0 radical (unpaired) electrons. The normalized spacial score (nSPS) is 21.5. The van der Waals surface area contributed by atoms with Gasteiger partial charge in [0.15, 0.2) is 11.5 Å². The minimum atomic E-state index is 0.107. The fourth-order valence-electron chi connectivity index (χ4n) is 4.92. The first kappa shape index (κ1) is 22.3. The Balaban J connectivity index is 1.07. The zero-order chi connectivity index (χ0) is 23.6. The second-order valence-corrected chi connectivity index (χ2v) is 8.97. The van der Waals surface area contributed by atoms with E-state index in [-0.39, 0.29) is 12.0 Å². The Morgan fingerprint density at radius 2 is 1.94 bits per heavy atom. The molecule has 0 aliphatic carbocycles. The van der Waals surface area contributed by atoms with Gasteiger partial charge in [0.1, 0.15) is 24.5 Å². The van der Waals surface area contributed by atoms with Crippen molar-refractivity contribution in [2.24, 2.45) is 0 Å². The summed E-state index contributed by atoms with van der Waals surface area (Å²) in [7, 11) is 1.63. The number of morpholine rings is 1. The zero-order valence-electron chi connectivity index (χ0n) is 19.7. The van der Waals surface area contributed by atoms with Gasteiger partial charge in [-0.1, -0.05) is 0 Å². The van der Waals surface area contributed by atoms with Gasteiger partial charge in [-0.2, -0.15) is 0 Å². The van der Waals surface area contributed by atoms with Crippen molar-refractivity contribution in [3.05, 3.63) is 41.9 Å². The maximum absolute atomic E-state index is 6.03. The molecule has 10 heteroatoms. The first-order valence-electron chi connectivity index (χ1n) is 12.0. The van der Waals surface area contributed by atoms with Crippen LogP contribution in [0.1, 0.15) is 17.2 Å². The second-order valence-electron chi connectivity index (χ2n) is 8.97. The summed E-state index contributed by atoms with van der Waals surface area (Å²) in [6.07, 6.45) is 3.65. The summed E-state index contributed by atoms with van der Waals surface area (Å²) in [6.45, 7) is 6.50. The lowest BCUT2D eigenvalue weighted by Crippen LogP contribution is -2.47. The molecule has 6 heterocycles. The third kappa shape index (κ3) is 4.69. The van der Waals surface area contributed by atoms with E-state index in [9.17, 15) is 0 Å². The third-order valence-corrected chi connectivity index (χ3v) is 6.61. The van der Waals surface area contributed by atoms with Gasteiger partial charge in [-0.15, -0.1) is 0 Å². The Bertz CT molecular complexity index is 1210. The highest BCUT2D eigenvalue weighted by atomic mass is 16.6. The van der Waals surface area contributed by atoms with Crippen LogP contribution in [0.3, 0.4) is 0 Å². The van der Waals surface area contributed by atoms with Gasteiger partial charge in [-0.05, 0) is 6.07 Å². The molecule has 1 fully saturated rings. The van der Waals surface area contributed by atoms with E-state index < -0.39 is 0 Å². The molecule has 0 aromatic carbocycles. The molecule has 3 aliphatic heterocycles. The van der Waals surface area contributed by atoms with Gasteiger partial charge >= 0.3 is 0 Å². The van der Waals surface area contributed by atoms with Gasteiger partial charge in [0.25, 0.3) is 0 Å². The number of hydrogen-bond donors (Lipinski definition) is 1. The number of aromatic nitrogens is 3. The van der Waals surface area contributed by atoms with E-state index in [1.54, 1.807) is 13.3 Å². The molecule has 0 saturated carbocycles. The lowest BCUT2D eigenvalue weighted by atomic mass is 9.99. The maximum Gasteiger partial charge on any atom is 0.213 e. The zero-order valence-corrected chi connectivity index (χ0v) is 19.7. The minimum Gasteiger partial charge on any atom is -0.491 e. The van der Waals surface area contributed by atoms with Gasteiger partial charge in [-0.3, -0.25) is 14.9 Å². The van der Waals surface area contributed by atoms with Crippen molar-refractivity contribution < 1.29 is 23.7 Å². The average Bonchev–Trinajstić information content (AvgIpc) is 3.31. The van der Waals surface area contributed by atoms with E-state index in [0.717, 1.165) is 60.0 Å². The number of pyridine rings is 3. The van der Waals surface area contributed by atoms with Crippen LogP contribution < -0.4 is 24.3 Å². The number of nitrogens with zero attached hydrogens (tertiary/aromatic N) is 4. The van der Waals surface area contributed by atoms with E-state index in [1.165, 1.54) is 0 Å². The number of hydrogen-bond acceptors (Lipinski definition) is 10. The van der Waals surface area contributed by atoms with Crippen molar-refractivity contribution in [2.45, 2.75) is 18.6 Å². The standard InChI is InChI=1S/C25H29N5O5/c1-31-23-3-2-19-25(29-23)24-16(15-35-22(24)12-28-19)13-30-4-5-32-18(14-30)10-26-9-17-8-20-21(11-27-17)34-7-6-33-20/h2-3,8,11-12,16,18,26H,4-7,9-10,13-15H2,1H3/t16-,18-/m0/s1. The van der Waals surface area contributed by atoms with Gasteiger partial charge in [0, 0.05) is 56.3 Å². The molecule has 35 heavy (non-hydrogen) atoms. The Kier molecular flexibility index (Phi) is 6.24. The second kappa shape index (κ2) is 9.80. The van der Waals surface area contributed by atoms with Crippen LogP contribution in [-0.2, 0) is 11.3 Å². The molecule has 3 aromatic heterocycles. The quantitative estimate of drug-likeness (QED) is 0.540. The molecule has 1 N–H and O–H groups in total. The lowest BCUT2D eigenvalue weighted by Gasteiger charge is -2.34. The van der Waals surface area contributed by atoms with Crippen LogP contribution in [0.5, 0.6) is 23.1 Å². The summed E-state index contributed by atoms with van der Waals surface area (Å²) < 4.78 is 28.6. The molecule has 0 amide bonds. The monoisotopic (exact) mass is 479 g/mol. The van der Waals surface area contributed by atoms with Crippen molar-refractivity contribution >= 4 is 11.0 Å². The third-order valence-electron chi connectivity index (χ3n) is 6.61. The molecule has 3 aliphatic rings.